The first-order chi connectivity index (χ1) is 11.3. The molecule has 122 valence electrons. The van der Waals surface area contributed by atoms with Crippen LogP contribution in [-0.4, -0.2) is 45.8 Å². The number of rotatable bonds is 5. The van der Waals surface area contributed by atoms with Gasteiger partial charge in [-0.25, -0.2) is 4.79 Å². The van der Waals surface area contributed by atoms with Gasteiger partial charge >= 0.3 is 6.03 Å². The summed E-state index contributed by atoms with van der Waals surface area (Å²) < 4.78 is 5.53. The van der Waals surface area contributed by atoms with E-state index in [4.69, 9.17) is 4.74 Å². The van der Waals surface area contributed by atoms with Crippen LogP contribution in [0.2, 0.25) is 0 Å². The number of aromatic amines is 1. The normalized spacial score (nSPS) is 17.7. The lowest BCUT2D eigenvalue weighted by molar-refractivity contribution is 0.150. The number of hydrogen-bond donors (Lipinski definition) is 2. The van der Waals surface area contributed by atoms with Crippen molar-refractivity contribution < 1.29 is 9.53 Å². The van der Waals surface area contributed by atoms with Gasteiger partial charge < -0.3 is 15.0 Å². The van der Waals surface area contributed by atoms with Gasteiger partial charge in [0.15, 0.2) is 0 Å². The minimum atomic E-state index is -0.0503. The Morgan fingerprint density at radius 3 is 3.17 bits per heavy atom. The zero-order valence-electron chi connectivity index (χ0n) is 12.9. The van der Waals surface area contributed by atoms with Crippen LogP contribution in [0.4, 0.5) is 4.79 Å². The first-order valence-electron chi connectivity index (χ1n) is 7.90. The molecule has 3 rings (SSSR count). The Bertz CT molecular complexity index is 602. The van der Waals surface area contributed by atoms with Gasteiger partial charge in [-0.05, 0) is 31.4 Å². The van der Waals surface area contributed by atoms with Crippen molar-refractivity contribution in [3.63, 3.8) is 0 Å². The lowest BCUT2D eigenvalue weighted by Crippen LogP contribution is -2.45. The molecule has 0 saturated carbocycles. The summed E-state index contributed by atoms with van der Waals surface area (Å²) in [5.74, 6) is 0.705. The largest absolute Gasteiger partial charge is 0.490 e. The molecule has 23 heavy (non-hydrogen) atoms. The second kappa shape index (κ2) is 7.62. The van der Waals surface area contributed by atoms with E-state index in [9.17, 15) is 4.79 Å². The van der Waals surface area contributed by atoms with E-state index < -0.39 is 0 Å². The maximum Gasteiger partial charge on any atom is 0.318 e. The van der Waals surface area contributed by atoms with Gasteiger partial charge in [-0.1, -0.05) is 0 Å². The van der Waals surface area contributed by atoms with Crippen LogP contribution < -0.4 is 10.1 Å². The van der Waals surface area contributed by atoms with Gasteiger partial charge in [0.2, 0.25) is 0 Å². The van der Waals surface area contributed by atoms with E-state index in [1.165, 1.54) is 0 Å². The molecule has 2 amide bonds. The molecule has 3 heterocycles. The second-order valence-electron chi connectivity index (χ2n) is 5.51. The van der Waals surface area contributed by atoms with Crippen molar-refractivity contribution in [2.24, 2.45) is 0 Å². The number of nitrogens with one attached hydrogen (secondary N) is 2. The lowest BCUT2D eigenvalue weighted by Gasteiger charge is -2.35. The Hall–Kier alpha value is -2.57. The summed E-state index contributed by atoms with van der Waals surface area (Å²) in [5, 5.41) is 9.74. The number of aromatic nitrogens is 3. The number of likely N-dealkylation sites (tertiary alicyclic amines) is 1. The molecule has 1 aliphatic rings. The average Bonchev–Trinajstić information content (AvgIpc) is 3.14. The average molecular weight is 315 g/mol. The van der Waals surface area contributed by atoms with Crippen LogP contribution in [0.25, 0.3) is 0 Å². The van der Waals surface area contributed by atoms with Gasteiger partial charge in [0.1, 0.15) is 12.4 Å². The first-order valence-corrected chi connectivity index (χ1v) is 7.90. The summed E-state index contributed by atoms with van der Waals surface area (Å²) in [6, 6.07) is 3.71. The maximum absolute atomic E-state index is 12.4. The molecule has 1 saturated heterocycles. The SMILES string of the molecule is O=C(NCCOc1cccnc1)N1CCCC[C@@H]1c1cn[nH]c1. The monoisotopic (exact) mass is 315 g/mol. The Labute approximate surface area is 135 Å². The molecule has 2 aromatic rings. The zero-order valence-corrected chi connectivity index (χ0v) is 12.9. The van der Waals surface area contributed by atoms with Gasteiger partial charge in [-0.2, -0.15) is 5.10 Å². The fourth-order valence-electron chi connectivity index (χ4n) is 2.83. The molecule has 0 radical (unpaired) electrons. The highest BCUT2D eigenvalue weighted by Gasteiger charge is 2.28. The number of H-pyrrole nitrogens is 1. The van der Waals surface area contributed by atoms with Crippen LogP contribution in [0, 0.1) is 0 Å². The molecule has 0 aromatic carbocycles. The maximum atomic E-state index is 12.4. The quantitative estimate of drug-likeness (QED) is 0.828. The molecule has 7 heteroatoms. The molecule has 1 atom stereocenters. The van der Waals surface area contributed by atoms with Crippen LogP contribution in [0.1, 0.15) is 30.9 Å². The number of ether oxygens (including phenoxy) is 1. The summed E-state index contributed by atoms with van der Waals surface area (Å²) in [4.78, 5) is 18.3. The molecule has 0 aliphatic carbocycles. The number of urea groups is 1. The van der Waals surface area contributed by atoms with E-state index in [1.54, 1.807) is 18.6 Å². The third-order valence-corrected chi connectivity index (χ3v) is 3.95. The summed E-state index contributed by atoms with van der Waals surface area (Å²) >= 11 is 0. The smallest absolute Gasteiger partial charge is 0.318 e. The van der Waals surface area contributed by atoms with Crippen LogP contribution in [0.15, 0.2) is 36.9 Å². The Morgan fingerprint density at radius 1 is 1.43 bits per heavy atom. The number of carbonyl (C=O) groups excluding carboxylic acids is 1. The fraction of sp³-hybridized carbons (Fsp3) is 0.438. The highest BCUT2D eigenvalue weighted by molar-refractivity contribution is 5.74. The van der Waals surface area contributed by atoms with Crippen LogP contribution in [-0.2, 0) is 0 Å². The molecule has 0 bridgehead atoms. The zero-order chi connectivity index (χ0) is 15.9. The minimum absolute atomic E-state index is 0.0503. The minimum Gasteiger partial charge on any atom is -0.490 e. The molecule has 2 N–H and O–H groups in total. The lowest BCUT2D eigenvalue weighted by atomic mass is 9.98. The van der Waals surface area contributed by atoms with Crippen molar-refractivity contribution in [3.05, 3.63) is 42.5 Å². The van der Waals surface area contributed by atoms with Crippen molar-refractivity contribution in [3.8, 4) is 5.75 Å². The van der Waals surface area contributed by atoms with Gasteiger partial charge in [-0.15, -0.1) is 0 Å². The first kappa shape index (κ1) is 15.3. The van der Waals surface area contributed by atoms with Crippen molar-refractivity contribution in [2.75, 3.05) is 19.7 Å². The van der Waals surface area contributed by atoms with E-state index in [2.05, 4.69) is 20.5 Å². The second-order valence-corrected chi connectivity index (χ2v) is 5.51. The third kappa shape index (κ3) is 4.00. The molecule has 1 fully saturated rings. The van der Waals surface area contributed by atoms with Crippen LogP contribution in [0.5, 0.6) is 5.75 Å². The highest BCUT2D eigenvalue weighted by atomic mass is 16.5. The van der Waals surface area contributed by atoms with Crippen molar-refractivity contribution >= 4 is 6.03 Å². The molecule has 1 aliphatic heterocycles. The number of carbonyl (C=O) groups is 1. The Kier molecular flexibility index (Phi) is 5.08. The van der Waals surface area contributed by atoms with Crippen molar-refractivity contribution in [1.29, 1.82) is 0 Å². The predicted molar refractivity (Wildman–Crippen MR) is 85.0 cm³/mol. The number of piperidine rings is 1. The van der Waals surface area contributed by atoms with Gasteiger partial charge in [0.05, 0.1) is 25.0 Å². The molecule has 0 spiro atoms. The van der Waals surface area contributed by atoms with E-state index in [-0.39, 0.29) is 12.1 Å². The molecule has 0 unspecified atom stereocenters. The Balaban J connectivity index is 1.48. The summed E-state index contributed by atoms with van der Waals surface area (Å²) in [5.41, 5.74) is 1.06. The number of amides is 2. The van der Waals surface area contributed by atoms with E-state index in [0.29, 0.717) is 18.9 Å². The van der Waals surface area contributed by atoms with Crippen LogP contribution in [0.3, 0.4) is 0 Å². The fourth-order valence-corrected chi connectivity index (χ4v) is 2.83. The summed E-state index contributed by atoms with van der Waals surface area (Å²) in [6.07, 6.45) is 10.1. The molecule has 2 aromatic heterocycles. The van der Waals surface area contributed by atoms with Crippen LogP contribution >= 0.6 is 0 Å². The number of hydrogen-bond acceptors (Lipinski definition) is 4. The van der Waals surface area contributed by atoms with Crippen molar-refractivity contribution in [2.45, 2.75) is 25.3 Å². The van der Waals surface area contributed by atoms with E-state index in [0.717, 1.165) is 31.4 Å². The number of nitrogens with zero attached hydrogens (tertiary/aromatic N) is 3. The Morgan fingerprint density at radius 2 is 2.39 bits per heavy atom. The van der Waals surface area contributed by atoms with Crippen molar-refractivity contribution in [1.82, 2.24) is 25.4 Å². The van der Waals surface area contributed by atoms with Gasteiger partial charge in [-0.3, -0.25) is 10.1 Å². The van der Waals surface area contributed by atoms with E-state index in [1.807, 2.05) is 23.2 Å². The summed E-state index contributed by atoms with van der Waals surface area (Å²) in [7, 11) is 0. The number of pyridine rings is 1. The molecule has 7 nitrogen and oxygen atoms in total. The standard InChI is InChI=1S/C16H21N5O2/c22-16(18-7-9-23-14-4-3-6-17-12-14)21-8-2-1-5-15(21)13-10-19-20-11-13/h3-4,6,10-12,15H,1-2,5,7-9H2,(H,18,22)(H,19,20)/t15-/m1/s1. The molecular formula is C16H21N5O2. The highest BCUT2D eigenvalue weighted by Crippen LogP contribution is 2.30. The topological polar surface area (TPSA) is 83.1 Å². The summed E-state index contributed by atoms with van der Waals surface area (Å²) in [6.45, 7) is 1.65. The van der Waals surface area contributed by atoms with E-state index >= 15 is 0 Å². The van der Waals surface area contributed by atoms with Gasteiger partial charge in [0, 0.05) is 24.5 Å². The third-order valence-electron chi connectivity index (χ3n) is 3.95. The van der Waals surface area contributed by atoms with Gasteiger partial charge in [0.25, 0.3) is 0 Å². The molecular weight excluding hydrogens is 294 g/mol. The predicted octanol–water partition coefficient (Wildman–Crippen LogP) is 2.12.